The molecule has 0 aliphatic carbocycles. The Kier molecular flexibility index (Phi) is 5.76. The molecule has 0 saturated carbocycles. The number of esters is 1. The van der Waals surface area contributed by atoms with Crippen LogP contribution in [0.2, 0.25) is 0 Å². The summed E-state index contributed by atoms with van der Waals surface area (Å²) in [5, 5.41) is 22.3. The maximum absolute atomic E-state index is 13.0. The summed E-state index contributed by atoms with van der Waals surface area (Å²) < 4.78 is 29.5. The van der Waals surface area contributed by atoms with Gasteiger partial charge in [0, 0.05) is 23.3 Å². The van der Waals surface area contributed by atoms with Gasteiger partial charge >= 0.3 is 11.7 Å². The van der Waals surface area contributed by atoms with Crippen molar-refractivity contribution in [3.05, 3.63) is 80.9 Å². The fourth-order valence-corrected chi connectivity index (χ4v) is 2.76. The fourth-order valence-electron chi connectivity index (χ4n) is 2.76. The molecule has 0 aliphatic heterocycles. The van der Waals surface area contributed by atoms with E-state index in [4.69, 9.17) is 13.6 Å². The van der Waals surface area contributed by atoms with E-state index in [0.29, 0.717) is 11.1 Å². The average molecular weight is 455 g/mol. The number of nitro benzene ring substituents is 1. The van der Waals surface area contributed by atoms with Crippen molar-refractivity contribution in [1.29, 1.82) is 0 Å². The number of non-ortho nitro benzene ring substituents is 1. The zero-order chi connectivity index (χ0) is 23.5. The van der Waals surface area contributed by atoms with Crippen molar-refractivity contribution in [2.45, 2.75) is 19.6 Å². The van der Waals surface area contributed by atoms with Gasteiger partial charge in [0.2, 0.25) is 11.8 Å². The Balaban J connectivity index is 1.41. The average Bonchev–Trinajstić information content (AvgIpc) is 3.42. The van der Waals surface area contributed by atoms with Gasteiger partial charge in [0.05, 0.1) is 4.92 Å². The molecule has 168 valence electrons. The van der Waals surface area contributed by atoms with Crippen LogP contribution in [0.3, 0.4) is 0 Å². The summed E-state index contributed by atoms with van der Waals surface area (Å²) in [6.07, 6.45) is -0.948. The molecule has 4 rings (SSSR count). The van der Waals surface area contributed by atoms with E-state index in [1.54, 1.807) is 0 Å². The Hall–Kier alpha value is -4.68. The van der Waals surface area contributed by atoms with Crippen LogP contribution in [0.5, 0.6) is 0 Å². The largest absolute Gasteiger partial charge is 0.451 e. The number of aromatic nitrogens is 4. The number of carbonyl (C=O) groups excluding carboxylic acids is 1. The van der Waals surface area contributed by atoms with Crippen molar-refractivity contribution in [3.63, 3.8) is 0 Å². The number of rotatable bonds is 7. The van der Waals surface area contributed by atoms with Crippen molar-refractivity contribution in [1.82, 2.24) is 20.0 Å². The lowest BCUT2D eigenvalue weighted by Gasteiger charge is -2.08. The van der Waals surface area contributed by atoms with E-state index in [9.17, 15) is 24.1 Å². The zero-order valence-electron chi connectivity index (χ0n) is 16.9. The van der Waals surface area contributed by atoms with Crippen molar-refractivity contribution in [2.75, 3.05) is 0 Å². The van der Waals surface area contributed by atoms with Gasteiger partial charge in [0.1, 0.15) is 12.4 Å². The molecule has 0 spiro atoms. The summed E-state index contributed by atoms with van der Waals surface area (Å²) in [5.74, 6) is -2.19. The lowest BCUT2D eigenvalue weighted by molar-refractivity contribution is -0.384. The second-order valence-electron chi connectivity index (χ2n) is 6.72. The van der Waals surface area contributed by atoms with Gasteiger partial charge in [-0.05, 0) is 43.3 Å². The number of nitro groups is 1. The van der Waals surface area contributed by atoms with Gasteiger partial charge in [-0.3, -0.25) is 14.9 Å². The zero-order valence-corrected chi connectivity index (χ0v) is 16.9. The molecule has 0 amide bonds. The smallest absolute Gasteiger partial charge is 0.437 e. The number of halogens is 1. The highest BCUT2D eigenvalue weighted by Crippen LogP contribution is 2.24. The molecule has 33 heavy (non-hydrogen) atoms. The minimum Gasteiger partial charge on any atom is -0.451 e. The quantitative estimate of drug-likeness (QED) is 0.230. The Bertz CT molecular complexity index is 1360. The normalized spacial score (nSPS) is 11.8. The van der Waals surface area contributed by atoms with Crippen LogP contribution < -0.4 is 5.76 Å². The third-order valence-corrected chi connectivity index (χ3v) is 4.40. The molecule has 13 heteroatoms. The van der Waals surface area contributed by atoms with Gasteiger partial charge in [-0.1, -0.05) is 0 Å². The van der Waals surface area contributed by atoms with Crippen LogP contribution >= 0.6 is 0 Å². The topological polar surface area (TPSA) is 156 Å². The Morgan fingerprint density at radius 3 is 2.39 bits per heavy atom. The molecule has 0 N–H and O–H groups in total. The second-order valence-corrected chi connectivity index (χ2v) is 6.72. The van der Waals surface area contributed by atoms with Gasteiger partial charge in [0.25, 0.3) is 11.6 Å². The molecule has 0 aliphatic rings. The van der Waals surface area contributed by atoms with Crippen LogP contribution in [0, 0.1) is 15.9 Å². The van der Waals surface area contributed by atoms with Crippen LogP contribution in [-0.4, -0.2) is 30.9 Å². The number of hydrogen-bond donors (Lipinski definition) is 0. The summed E-state index contributed by atoms with van der Waals surface area (Å²) in [6, 6.07) is 10.6. The summed E-state index contributed by atoms with van der Waals surface area (Å²) in [7, 11) is 0. The molecule has 0 bridgehead atoms. The molecular weight excluding hydrogens is 441 g/mol. The summed E-state index contributed by atoms with van der Waals surface area (Å²) in [4.78, 5) is 34.4. The van der Waals surface area contributed by atoms with Crippen LogP contribution in [0.25, 0.3) is 22.9 Å². The van der Waals surface area contributed by atoms with Crippen LogP contribution in [0.15, 0.2) is 62.2 Å². The predicted molar refractivity (Wildman–Crippen MR) is 107 cm³/mol. The van der Waals surface area contributed by atoms with Crippen molar-refractivity contribution in [3.8, 4) is 22.9 Å². The van der Waals surface area contributed by atoms with E-state index in [2.05, 4.69) is 15.3 Å². The highest BCUT2D eigenvalue weighted by Gasteiger charge is 2.21. The fraction of sp³-hybridized carbons (Fsp3) is 0.150. The Morgan fingerprint density at radius 1 is 1.09 bits per heavy atom. The first-order chi connectivity index (χ1) is 15.8. The molecule has 0 unspecified atom stereocenters. The molecular formula is C20H14FN5O7. The summed E-state index contributed by atoms with van der Waals surface area (Å²) in [6.45, 7) is 0.942. The molecule has 2 aromatic heterocycles. The van der Waals surface area contributed by atoms with Crippen LogP contribution in [0.1, 0.15) is 18.9 Å². The number of carbonyl (C=O) groups is 1. The second kappa shape index (κ2) is 8.82. The molecule has 2 heterocycles. The van der Waals surface area contributed by atoms with Gasteiger partial charge in [0.15, 0.2) is 6.10 Å². The highest BCUT2D eigenvalue weighted by atomic mass is 19.1. The van der Waals surface area contributed by atoms with Crippen molar-refractivity contribution in [2.24, 2.45) is 0 Å². The molecule has 0 fully saturated rings. The first-order valence-corrected chi connectivity index (χ1v) is 9.42. The standard InChI is InChI=1S/C20H14FN5O7/c1-11(17-22-23-18(32-17)12-4-8-15(9-5-12)26(29)30)31-16(27)10-25-20(28)33-19(24-25)13-2-6-14(21)7-3-13/h2-9,11H,10H2,1H3/t11-/m1/s1. The van der Waals surface area contributed by atoms with E-state index in [1.165, 1.54) is 55.5 Å². The van der Waals surface area contributed by atoms with Crippen LogP contribution in [0.4, 0.5) is 10.1 Å². The molecule has 2 aromatic carbocycles. The van der Waals surface area contributed by atoms with Gasteiger partial charge in [-0.25, -0.2) is 9.18 Å². The maximum Gasteiger partial charge on any atom is 0.437 e. The van der Waals surface area contributed by atoms with E-state index in [0.717, 1.165) is 4.68 Å². The van der Waals surface area contributed by atoms with Crippen molar-refractivity contribution >= 4 is 11.7 Å². The number of hydrogen-bond acceptors (Lipinski definition) is 10. The van der Waals surface area contributed by atoms with E-state index in [1.807, 2.05) is 0 Å². The van der Waals surface area contributed by atoms with E-state index < -0.39 is 35.1 Å². The lowest BCUT2D eigenvalue weighted by atomic mass is 10.2. The lowest BCUT2D eigenvalue weighted by Crippen LogP contribution is -2.23. The highest BCUT2D eigenvalue weighted by molar-refractivity contribution is 5.69. The first kappa shape index (κ1) is 21.5. The summed E-state index contributed by atoms with van der Waals surface area (Å²) >= 11 is 0. The number of ether oxygens (including phenoxy) is 1. The van der Waals surface area contributed by atoms with Gasteiger partial charge in [-0.15, -0.1) is 15.3 Å². The van der Waals surface area contributed by atoms with Crippen LogP contribution in [-0.2, 0) is 16.1 Å². The summed E-state index contributed by atoms with van der Waals surface area (Å²) in [5.41, 5.74) is 0.713. The third-order valence-electron chi connectivity index (χ3n) is 4.40. The molecule has 1 atom stereocenters. The minimum absolute atomic E-state index is 0.0174. The third kappa shape index (κ3) is 4.81. The molecule has 0 saturated heterocycles. The minimum atomic E-state index is -0.948. The molecule has 12 nitrogen and oxygen atoms in total. The maximum atomic E-state index is 13.0. The van der Waals surface area contributed by atoms with Crippen molar-refractivity contribution < 1.29 is 27.7 Å². The van der Waals surface area contributed by atoms with Gasteiger partial charge < -0.3 is 13.6 Å². The van der Waals surface area contributed by atoms with Gasteiger partial charge in [-0.2, -0.15) is 4.68 Å². The number of nitrogens with zero attached hydrogens (tertiary/aromatic N) is 5. The van der Waals surface area contributed by atoms with E-state index >= 15 is 0 Å². The predicted octanol–water partition coefficient (Wildman–Crippen LogP) is 2.91. The SMILES string of the molecule is C[C@@H](OC(=O)Cn1nc(-c2ccc(F)cc2)oc1=O)c1nnc(-c2ccc([N+](=O)[O-])cc2)o1. The Labute approximate surface area is 183 Å². The molecule has 4 aromatic rings. The van der Waals surface area contributed by atoms with E-state index in [-0.39, 0.29) is 23.4 Å². The first-order valence-electron chi connectivity index (χ1n) is 9.42. The Morgan fingerprint density at radius 2 is 1.73 bits per heavy atom. The monoisotopic (exact) mass is 455 g/mol. The molecule has 0 radical (unpaired) electrons. The number of benzene rings is 2.